The van der Waals surface area contributed by atoms with Gasteiger partial charge in [-0.05, 0) is 30.7 Å². The Bertz CT molecular complexity index is 748. The lowest BCUT2D eigenvalue weighted by molar-refractivity contribution is 0.0346. The third kappa shape index (κ3) is 1.88. The van der Waals surface area contributed by atoms with E-state index in [1.165, 1.54) is 4.31 Å². The van der Waals surface area contributed by atoms with Crippen molar-refractivity contribution in [2.45, 2.75) is 36.4 Å². The Morgan fingerprint density at radius 1 is 1.29 bits per heavy atom. The molecule has 0 aromatic heterocycles. The number of rotatable bonds is 2. The molecule has 0 saturated carbocycles. The second-order valence-electron chi connectivity index (χ2n) is 5.94. The van der Waals surface area contributed by atoms with Gasteiger partial charge in [0.05, 0.1) is 11.0 Å². The van der Waals surface area contributed by atoms with Gasteiger partial charge in [0, 0.05) is 25.6 Å². The van der Waals surface area contributed by atoms with Crippen LogP contribution in [-0.4, -0.2) is 31.0 Å². The number of ether oxygens (including phenoxy) is 1. The number of hydrogen-bond donors (Lipinski definition) is 0. The van der Waals surface area contributed by atoms with E-state index in [1.54, 1.807) is 18.3 Å². The first-order valence-electron chi connectivity index (χ1n) is 7.17. The van der Waals surface area contributed by atoms with Gasteiger partial charge in [-0.1, -0.05) is 23.8 Å². The molecule has 0 amide bonds. The van der Waals surface area contributed by atoms with Crippen molar-refractivity contribution in [2.24, 2.45) is 0 Å². The highest BCUT2D eigenvalue weighted by Gasteiger charge is 2.49. The average Bonchev–Trinajstić information content (AvgIpc) is 3.03. The van der Waals surface area contributed by atoms with Crippen LogP contribution in [0.5, 0.6) is 0 Å². The molecule has 1 spiro atoms. The van der Waals surface area contributed by atoms with Gasteiger partial charge >= 0.3 is 0 Å². The second-order valence-corrected chi connectivity index (χ2v) is 7.83. The van der Waals surface area contributed by atoms with E-state index in [1.807, 2.05) is 19.1 Å². The maximum absolute atomic E-state index is 12.7. The zero-order chi connectivity index (χ0) is 14.7. The van der Waals surface area contributed by atoms with E-state index in [-0.39, 0.29) is 11.7 Å². The van der Waals surface area contributed by atoms with Gasteiger partial charge in [-0.3, -0.25) is 4.31 Å². The van der Waals surface area contributed by atoms with Gasteiger partial charge in [0.25, 0.3) is 10.0 Å². The third-order valence-corrected chi connectivity index (χ3v) is 6.31. The molecule has 4 nitrogen and oxygen atoms in total. The summed E-state index contributed by atoms with van der Waals surface area (Å²) >= 11 is 0. The number of fused-ring (bicyclic) bond motifs is 1. The standard InChI is InChI=1S/C16H17NO3S/c1-12-2-4-15(5-3-12)21(18,19)17-9-8-16-7-6-14(20-16)10-13(16)11-17/h2-7,11,14H,8-10H2,1H3/t14-,16-/m0/s1. The zero-order valence-corrected chi connectivity index (χ0v) is 12.6. The van der Waals surface area contributed by atoms with Crippen LogP contribution in [0.2, 0.25) is 0 Å². The molecule has 1 aromatic carbocycles. The Balaban J connectivity index is 1.70. The molecule has 1 saturated heterocycles. The minimum absolute atomic E-state index is 0.123. The minimum atomic E-state index is -3.46. The fourth-order valence-corrected chi connectivity index (χ4v) is 4.66. The molecule has 3 aliphatic heterocycles. The Morgan fingerprint density at radius 3 is 2.76 bits per heavy atom. The van der Waals surface area contributed by atoms with Crippen molar-refractivity contribution in [3.63, 3.8) is 0 Å². The fraction of sp³-hybridized carbons (Fsp3) is 0.375. The van der Waals surface area contributed by atoms with Crippen LogP contribution in [0.1, 0.15) is 18.4 Å². The molecule has 0 radical (unpaired) electrons. The number of sulfonamides is 1. The van der Waals surface area contributed by atoms with Gasteiger partial charge in [-0.15, -0.1) is 0 Å². The van der Waals surface area contributed by atoms with Crippen LogP contribution in [-0.2, 0) is 14.8 Å². The first-order valence-corrected chi connectivity index (χ1v) is 8.61. The van der Waals surface area contributed by atoms with Crippen molar-refractivity contribution in [2.75, 3.05) is 6.54 Å². The summed E-state index contributed by atoms with van der Waals surface area (Å²) in [5, 5.41) is 0. The first-order chi connectivity index (χ1) is 9.99. The number of hydrogen-bond acceptors (Lipinski definition) is 3. The summed E-state index contributed by atoms with van der Waals surface area (Å²) in [6, 6.07) is 7.00. The Hall–Kier alpha value is -1.59. The molecule has 0 aliphatic carbocycles. The summed E-state index contributed by atoms with van der Waals surface area (Å²) in [4.78, 5) is 0.348. The second kappa shape index (κ2) is 4.21. The van der Waals surface area contributed by atoms with Crippen LogP contribution in [0.3, 0.4) is 0 Å². The van der Waals surface area contributed by atoms with E-state index in [0.717, 1.165) is 17.6 Å². The fourth-order valence-electron chi connectivity index (χ4n) is 3.31. The molecule has 3 heterocycles. The van der Waals surface area contributed by atoms with Gasteiger partial charge in [0.15, 0.2) is 0 Å². The normalized spacial score (nSPS) is 30.4. The summed E-state index contributed by atoms with van der Waals surface area (Å²) in [6.07, 6.45) is 7.57. The maximum atomic E-state index is 12.7. The summed E-state index contributed by atoms with van der Waals surface area (Å²) in [7, 11) is -3.46. The molecule has 5 heteroatoms. The van der Waals surface area contributed by atoms with Crippen LogP contribution in [0.15, 0.2) is 53.1 Å². The molecular weight excluding hydrogens is 286 g/mol. The highest BCUT2D eigenvalue weighted by Crippen LogP contribution is 2.47. The number of nitrogens with zero attached hydrogens (tertiary/aromatic N) is 1. The van der Waals surface area contributed by atoms with Crippen molar-refractivity contribution >= 4 is 10.0 Å². The largest absolute Gasteiger partial charge is 0.359 e. The van der Waals surface area contributed by atoms with Gasteiger partial charge in [0.2, 0.25) is 0 Å². The van der Waals surface area contributed by atoms with Crippen molar-refractivity contribution < 1.29 is 13.2 Å². The van der Waals surface area contributed by atoms with Gasteiger partial charge < -0.3 is 4.74 Å². The van der Waals surface area contributed by atoms with E-state index < -0.39 is 10.0 Å². The first kappa shape index (κ1) is 13.1. The molecule has 1 fully saturated rings. The quantitative estimate of drug-likeness (QED) is 0.788. The monoisotopic (exact) mass is 303 g/mol. The molecule has 1 aromatic rings. The lowest BCUT2D eigenvalue weighted by Gasteiger charge is -2.34. The van der Waals surface area contributed by atoms with Crippen molar-refractivity contribution in [3.05, 3.63) is 53.8 Å². The van der Waals surface area contributed by atoms with Crippen LogP contribution < -0.4 is 0 Å². The molecule has 3 aliphatic rings. The third-order valence-electron chi connectivity index (χ3n) is 4.54. The molecule has 0 N–H and O–H groups in total. The van der Waals surface area contributed by atoms with E-state index in [9.17, 15) is 8.42 Å². The van der Waals surface area contributed by atoms with Crippen LogP contribution in [0.4, 0.5) is 0 Å². The van der Waals surface area contributed by atoms with Crippen LogP contribution in [0.25, 0.3) is 0 Å². The van der Waals surface area contributed by atoms with Gasteiger partial charge in [-0.2, -0.15) is 0 Å². The summed E-state index contributed by atoms with van der Waals surface area (Å²) in [5.41, 5.74) is 1.80. The van der Waals surface area contributed by atoms with E-state index in [2.05, 4.69) is 12.2 Å². The lowest BCUT2D eigenvalue weighted by atomic mass is 9.85. The number of benzene rings is 1. The Labute approximate surface area is 124 Å². The van der Waals surface area contributed by atoms with Crippen molar-refractivity contribution in [1.82, 2.24) is 4.31 Å². The summed E-state index contributed by atoms with van der Waals surface area (Å²) < 4.78 is 32.8. The smallest absolute Gasteiger partial charge is 0.263 e. The van der Waals surface area contributed by atoms with Crippen LogP contribution >= 0.6 is 0 Å². The predicted octanol–water partition coefficient (Wildman–Crippen LogP) is 2.37. The van der Waals surface area contributed by atoms with E-state index in [0.29, 0.717) is 17.9 Å². The highest BCUT2D eigenvalue weighted by atomic mass is 32.2. The molecule has 2 atom stereocenters. The average molecular weight is 303 g/mol. The van der Waals surface area contributed by atoms with E-state index in [4.69, 9.17) is 4.74 Å². The molecule has 4 rings (SSSR count). The highest BCUT2D eigenvalue weighted by molar-refractivity contribution is 7.89. The van der Waals surface area contributed by atoms with Crippen molar-refractivity contribution in [1.29, 1.82) is 0 Å². The molecular formula is C16H17NO3S. The molecule has 110 valence electrons. The lowest BCUT2D eigenvalue weighted by Crippen LogP contribution is -2.39. The Kier molecular flexibility index (Phi) is 2.63. The Morgan fingerprint density at radius 2 is 2.05 bits per heavy atom. The topological polar surface area (TPSA) is 46.6 Å². The van der Waals surface area contributed by atoms with Crippen LogP contribution in [0, 0.1) is 6.92 Å². The van der Waals surface area contributed by atoms with E-state index >= 15 is 0 Å². The number of aryl methyl sites for hydroxylation is 1. The maximum Gasteiger partial charge on any atom is 0.263 e. The minimum Gasteiger partial charge on any atom is -0.359 e. The zero-order valence-electron chi connectivity index (χ0n) is 11.8. The molecule has 0 unspecified atom stereocenters. The molecule has 2 bridgehead atoms. The van der Waals surface area contributed by atoms with Gasteiger partial charge in [0.1, 0.15) is 5.60 Å². The molecule has 21 heavy (non-hydrogen) atoms. The summed E-state index contributed by atoms with van der Waals surface area (Å²) in [6.45, 7) is 2.40. The SMILES string of the molecule is Cc1ccc(S(=O)(=O)N2C=C3C[C@@H]4C=C[C@@]3(CC2)O4)cc1. The summed E-state index contributed by atoms with van der Waals surface area (Å²) in [5.74, 6) is 0. The van der Waals surface area contributed by atoms with Gasteiger partial charge in [-0.25, -0.2) is 8.42 Å². The predicted molar refractivity (Wildman–Crippen MR) is 79.1 cm³/mol. The van der Waals surface area contributed by atoms with Crippen molar-refractivity contribution in [3.8, 4) is 0 Å².